The molecule has 0 spiro atoms. The largest absolute Gasteiger partial charge is 0.120 e. The Morgan fingerprint density at radius 3 is 2.04 bits per heavy atom. The molecule has 0 aliphatic heterocycles. The van der Waals surface area contributed by atoms with Crippen molar-refractivity contribution in [1.29, 1.82) is 0 Å². The minimum absolute atomic E-state index is 0.783. The molecule has 1 aliphatic rings. The molecular weight excluding hydrogens is 299 g/mol. The molecule has 0 aromatic heterocycles. The molecule has 25 heavy (non-hydrogen) atoms. The summed E-state index contributed by atoms with van der Waals surface area (Å²) < 4.78 is 0. The molecule has 0 amide bonds. The van der Waals surface area contributed by atoms with Gasteiger partial charge >= 0.3 is 0 Å². The fourth-order valence-electron chi connectivity index (χ4n) is 4.13. The molecule has 0 N–H and O–H groups in total. The highest BCUT2D eigenvalue weighted by Crippen LogP contribution is 2.38. The lowest BCUT2D eigenvalue weighted by molar-refractivity contribution is 0.441. The fourth-order valence-corrected chi connectivity index (χ4v) is 4.13. The summed E-state index contributed by atoms with van der Waals surface area (Å²) in [5.41, 5.74) is 5.63. The van der Waals surface area contributed by atoms with Gasteiger partial charge in [-0.3, -0.25) is 0 Å². The van der Waals surface area contributed by atoms with E-state index < -0.39 is 0 Å². The van der Waals surface area contributed by atoms with E-state index in [9.17, 15) is 0 Å². The normalized spacial score (nSPS) is 20.7. The van der Waals surface area contributed by atoms with E-state index in [1.54, 1.807) is 5.56 Å². The first-order valence-corrected chi connectivity index (χ1v) is 10.1. The first-order valence-electron chi connectivity index (χ1n) is 10.1. The fraction of sp³-hybridized carbons (Fsp3) is 0.417. The van der Waals surface area contributed by atoms with Gasteiger partial charge in [-0.15, -0.1) is 0 Å². The molecule has 130 valence electrons. The van der Waals surface area contributed by atoms with E-state index in [1.165, 1.54) is 49.7 Å². The van der Waals surface area contributed by atoms with Gasteiger partial charge in [0.2, 0.25) is 0 Å². The van der Waals surface area contributed by atoms with Crippen molar-refractivity contribution < 1.29 is 0 Å². The van der Waals surface area contributed by atoms with Crippen LogP contribution in [0.3, 0.4) is 0 Å². The molecule has 1 aliphatic carbocycles. The average molecular weight is 330 g/mol. The number of benzene rings is 2. The van der Waals surface area contributed by atoms with Crippen molar-refractivity contribution in [2.45, 2.75) is 64.0 Å². The number of hydrogen-bond donors (Lipinski definition) is 0. The lowest BCUT2D eigenvalue weighted by Crippen LogP contribution is -2.12. The van der Waals surface area contributed by atoms with Gasteiger partial charge in [-0.05, 0) is 60.8 Å². The molecule has 0 saturated heterocycles. The topological polar surface area (TPSA) is 0 Å². The first kappa shape index (κ1) is 18.0. The van der Waals surface area contributed by atoms with Gasteiger partial charge in [0, 0.05) is 0 Å². The van der Waals surface area contributed by atoms with Crippen molar-refractivity contribution in [3.05, 3.63) is 71.8 Å². The van der Waals surface area contributed by atoms with Gasteiger partial charge in [0.25, 0.3) is 0 Å². The van der Waals surface area contributed by atoms with Crippen molar-refractivity contribution in [2.24, 2.45) is 0 Å². The van der Waals surface area contributed by atoms with Crippen LogP contribution in [0.15, 0.2) is 60.7 Å². The SMILES string of the molecule is CBC1CCC(c2ccc(-c3ccc(CC/C=C/C)cc3)cc2)CC1. The summed E-state index contributed by atoms with van der Waals surface area (Å²) in [6.45, 7) is 4.42. The third-order valence-electron chi connectivity index (χ3n) is 5.93. The quantitative estimate of drug-likeness (QED) is 0.404. The van der Waals surface area contributed by atoms with Crippen molar-refractivity contribution >= 4 is 7.28 Å². The maximum Gasteiger partial charge on any atom is 0.120 e. The summed E-state index contributed by atoms with van der Waals surface area (Å²) in [6, 6.07) is 18.5. The predicted molar refractivity (Wildman–Crippen MR) is 113 cm³/mol. The lowest BCUT2D eigenvalue weighted by Gasteiger charge is -2.28. The third kappa shape index (κ3) is 4.88. The molecule has 0 heterocycles. The van der Waals surface area contributed by atoms with Crippen LogP contribution in [0.1, 0.15) is 56.1 Å². The van der Waals surface area contributed by atoms with E-state index in [0.29, 0.717) is 0 Å². The Kier molecular flexibility index (Phi) is 6.56. The van der Waals surface area contributed by atoms with Crippen LogP contribution in [0.5, 0.6) is 0 Å². The molecule has 2 aromatic carbocycles. The summed E-state index contributed by atoms with van der Waals surface area (Å²) in [4.78, 5) is 0. The third-order valence-corrected chi connectivity index (χ3v) is 5.93. The highest BCUT2D eigenvalue weighted by atomic mass is 14.2. The summed E-state index contributed by atoms with van der Waals surface area (Å²) in [5, 5.41) is 0. The Morgan fingerprint density at radius 2 is 1.48 bits per heavy atom. The van der Waals surface area contributed by atoms with Crippen LogP contribution in [0.4, 0.5) is 0 Å². The second-order valence-corrected chi connectivity index (χ2v) is 7.55. The molecule has 0 unspecified atom stereocenters. The number of hydrogen-bond acceptors (Lipinski definition) is 0. The van der Waals surface area contributed by atoms with Crippen molar-refractivity contribution in [3.63, 3.8) is 0 Å². The van der Waals surface area contributed by atoms with E-state index in [2.05, 4.69) is 74.4 Å². The maximum atomic E-state index is 2.37. The lowest BCUT2D eigenvalue weighted by atomic mass is 9.59. The average Bonchev–Trinajstić information content (AvgIpc) is 2.69. The second-order valence-electron chi connectivity index (χ2n) is 7.55. The summed E-state index contributed by atoms with van der Waals surface area (Å²) in [6.07, 6.45) is 12.2. The number of allylic oxidation sites excluding steroid dienone is 2. The van der Waals surface area contributed by atoms with E-state index in [0.717, 1.165) is 24.6 Å². The Labute approximate surface area is 154 Å². The summed E-state index contributed by atoms with van der Waals surface area (Å²) in [7, 11) is 1.36. The molecule has 0 nitrogen and oxygen atoms in total. The van der Waals surface area contributed by atoms with Gasteiger partial charge in [-0.25, -0.2) is 0 Å². The molecule has 0 atom stereocenters. The van der Waals surface area contributed by atoms with Crippen molar-refractivity contribution in [2.75, 3.05) is 0 Å². The van der Waals surface area contributed by atoms with Gasteiger partial charge in [0.05, 0.1) is 0 Å². The molecule has 3 rings (SSSR count). The Morgan fingerprint density at radius 1 is 0.880 bits per heavy atom. The van der Waals surface area contributed by atoms with Crippen molar-refractivity contribution in [1.82, 2.24) is 0 Å². The predicted octanol–water partition coefficient (Wildman–Crippen LogP) is 6.79. The number of rotatable bonds is 6. The second kappa shape index (κ2) is 9.08. The molecule has 2 aromatic rings. The monoisotopic (exact) mass is 330 g/mol. The van der Waals surface area contributed by atoms with Gasteiger partial charge < -0.3 is 0 Å². The van der Waals surface area contributed by atoms with Gasteiger partial charge in [-0.2, -0.15) is 0 Å². The Bertz CT molecular complexity index is 658. The molecule has 1 heteroatoms. The standard InChI is InChI=1S/C24H31B/c1-3-4-5-6-19-7-9-20(10-8-19)21-11-13-22(14-12-21)23-15-17-24(25-2)18-16-23/h3-4,7-14,23-25H,5-6,15-18H2,1-2H3/b4-3+. The van der Waals surface area contributed by atoms with Crippen LogP contribution in [-0.4, -0.2) is 7.28 Å². The minimum Gasteiger partial charge on any atom is -0.0917 e. The first-order chi connectivity index (χ1) is 12.3. The highest BCUT2D eigenvalue weighted by Gasteiger charge is 2.21. The molecule has 0 bridgehead atoms. The molecule has 0 radical (unpaired) electrons. The molecule has 1 saturated carbocycles. The Balaban J connectivity index is 1.62. The zero-order valence-corrected chi connectivity index (χ0v) is 15.9. The Hall–Kier alpha value is -1.76. The highest BCUT2D eigenvalue weighted by molar-refractivity contribution is 6.35. The van der Waals surface area contributed by atoms with Gasteiger partial charge in [-0.1, -0.05) is 86.2 Å². The maximum absolute atomic E-state index is 2.37. The van der Waals surface area contributed by atoms with Crippen LogP contribution >= 0.6 is 0 Å². The van der Waals surface area contributed by atoms with Gasteiger partial charge in [0.1, 0.15) is 7.28 Å². The summed E-state index contributed by atoms with van der Waals surface area (Å²) >= 11 is 0. The molecule has 1 fully saturated rings. The zero-order valence-electron chi connectivity index (χ0n) is 15.9. The van der Waals surface area contributed by atoms with E-state index in [-0.39, 0.29) is 0 Å². The van der Waals surface area contributed by atoms with E-state index >= 15 is 0 Å². The van der Waals surface area contributed by atoms with Crippen LogP contribution in [0.25, 0.3) is 11.1 Å². The van der Waals surface area contributed by atoms with Crippen LogP contribution < -0.4 is 0 Å². The van der Waals surface area contributed by atoms with E-state index in [4.69, 9.17) is 0 Å². The zero-order chi connectivity index (χ0) is 17.5. The molecular formula is C24H31B. The number of aryl methyl sites for hydroxylation is 1. The van der Waals surface area contributed by atoms with Crippen LogP contribution in [0.2, 0.25) is 12.6 Å². The van der Waals surface area contributed by atoms with Crippen LogP contribution in [-0.2, 0) is 6.42 Å². The minimum atomic E-state index is 0.783. The van der Waals surface area contributed by atoms with Crippen molar-refractivity contribution in [3.8, 4) is 11.1 Å². The smallest absolute Gasteiger partial charge is 0.0917 e. The van der Waals surface area contributed by atoms with Crippen LogP contribution in [0, 0.1) is 0 Å². The van der Waals surface area contributed by atoms with E-state index in [1.807, 2.05) is 0 Å². The summed E-state index contributed by atoms with van der Waals surface area (Å²) in [5.74, 6) is 1.76. The van der Waals surface area contributed by atoms with Gasteiger partial charge in [0.15, 0.2) is 0 Å².